The van der Waals surface area contributed by atoms with Crippen molar-refractivity contribution in [2.75, 3.05) is 19.8 Å². The Labute approximate surface area is 104 Å². The second-order valence-corrected chi connectivity index (χ2v) is 4.17. The van der Waals surface area contributed by atoms with Gasteiger partial charge in [0.05, 0.1) is 6.67 Å². The van der Waals surface area contributed by atoms with Crippen LogP contribution in [0.1, 0.15) is 25.3 Å². The van der Waals surface area contributed by atoms with Gasteiger partial charge in [0.2, 0.25) is 0 Å². The van der Waals surface area contributed by atoms with Crippen molar-refractivity contribution < 1.29 is 4.39 Å². The molecule has 1 N–H and O–H groups in total. The van der Waals surface area contributed by atoms with Gasteiger partial charge in [-0.25, -0.2) is 0 Å². The van der Waals surface area contributed by atoms with E-state index in [1.165, 1.54) is 11.1 Å². The zero-order valence-corrected chi connectivity index (χ0v) is 10.6. The number of benzene rings is 1. The molecule has 0 saturated heterocycles. The van der Waals surface area contributed by atoms with Crippen LogP contribution in [0.4, 0.5) is 4.39 Å². The van der Waals surface area contributed by atoms with E-state index in [1.54, 1.807) is 0 Å². The molecule has 0 unspecified atom stereocenters. The molecule has 1 aromatic carbocycles. The first-order chi connectivity index (χ1) is 8.36. The number of halogens is 1. The molecule has 0 bridgehead atoms. The van der Waals surface area contributed by atoms with Gasteiger partial charge in [-0.2, -0.15) is 0 Å². The highest BCUT2D eigenvalue weighted by Crippen LogP contribution is 2.06. The highest BCUT2D eigenvalue weighted by atomic mass is 19.1. The van der Waals surface area contributed by atoms with Crippen LogP contribution in [-0.2, 0) is 6.42 Å². The second-order valence-electron chi connectivity index (χ2n) is 4.17. The van der Waals surface area contributed by atoms with Gasteiger partial charge in [0.15, 0.2) is 0 Å². The molecular formula is C15H22FN. The quantitative estimate of drug-likeness (QED) is 0.537. The summed E-state index contributed by atoms with van der Waals surface area (Å²) in [7, 11) is 0. The van der Waals surface area contributed by atoms with Crippen molar-refractivity contribution in [3.63, 3.8) is 0 Å². The van der Waals surface area contributed by atoms with E-state index >= 15 is 0 Å². The van der Waals surface area contributed by atoms with Gasteiger partial charge in [0, 0.05) is 6.54 Å². The standard InChI is InChI=1S/C15H22FN/c1-2-12-17-13-15(10-11-16)9-8-14-6-4-3-5-7-14/h3-7,9,17H,2,8,10-13H2,1H3/b15-9-. The van der Waals surface area contributed by atoms with E-state index in [0.717, 1.165) is 25.9 Å². The largest absolute Gasteiger partial charge is 0.313 e. The van der Waals surface area contributed by atoms with Crippen molar-refractivity contribution >= 4 is 0 Å². The van der Waals surface area contributed by atoms with Gasteiger partial charge in [0.25, 0.3) is 0 Å². The molecule has 0 amide bonds. The summed E-state index contributed by atoms with van der Waals surface area (Å²) in [6.07, 6.45) is 4.70. The molecule has 1 nitrogen and oxygen atoms in total. The Morgan fingerprint density at radius 2 is 2.06 bits per heavy atom. The fraction of sp³-hybridized carbons (Fsp3) is 0.467. The molecule has 0 radical (unpaired) electrons. The van der Waals surface area contributed by atoms with Crippen molar-refractivity contribution in [2.45, 2.75) is 26.2 Å². The van der Waals surface area contributed by atoms with E-state index in [-0.39, 0.29) is 6.67 Å². The normalized spacial score (nSPS) is 11.8. The van der Waals surface area contributed by atoms with E-state index in [2.05, 4.69) is 30.4 Å². The Balaban J connectivity index is 2.45. The van der Waals surface area contributed by atoms with Crippen LogP contribution < -0.4 is 5.32 Å². The monoisotopic (exact) mass is 235 g/mol. The molecule has 0 fully saturated rings. The summed E-state index contributed by atoms with van der Waals surface area (Å²) < 4.78 is 12.4. The van der Waals surface area contributed by atoms with Gasteiger partial charge in [-0.15, -0.1) is 0 Å². The summed E-state index contributed by atoms with van der Waals surface area (Å²) in [5.41, 5.74) is 2.45. The lowest BCUT2D eigenvalue weighted by molar-refractivity contribution is 0.488. The molecule has 0 aliphatic rings. The van der Waals surface area contributed by atoms with E-state index < -0.39 is 0 Å². The Hall–Kier alpha value is -1.15. The molecule has 0 heterocycles. The summed E-state index contributed by atoms with van der Waals surface area (Å²) in [5.74, 6) is 0. The van der Waals surface area contributed by atoms with Crippen LogP contribution >= 0.6 is 0 Å². The van der Waals surface area contributed by atoms with E-state index in [1.807, 2.05) is 18.2 Å². The van der Waals surface area contributed by atoms with Crippen LogP contribution in [0.15, 0.2) is 42.0 Å². The van der Waals surface area contributed by atoms with Crippen molar-refractivity contribution in [3.05, 3.63) is 47.5 Å². The smallest absolute Gasteiger partial charge is 0.0932 e. The highest BCUT2D eigenvalue weighted by Gasteiger charge is 1.97. The van der Waals surface area contributed by atoms with E-state index in [9.17, 15) is 4.39 Å². The Bertz CT molecular complexity index is 319. The Morgan fingerprint density at radius 3 is 2.71 bits per heavy atom. The minimum absolute atomic E-state index is 0.269. The van der Waals surface area contributed by atoms with Crippen LogP contribution in [0.25, 0.3) is 0 Å². The van der Waals surface area contributed by atoms with E-state index in [4.69, 9.17) is 0 Å². The van der Waals surface area contributed by atoms with Gasteiger partial charge < -0.3 is 5.32 Å². The predicted octanol–water partition coefficient (Wildman–Crippen LogP) is 3.51. The van der Waals surface area contributed by atoms with Crippen LogP contribution in [-0.4, -0.2) is 19.8 Å². The number of allylic oxidation sites excluding steroid dienone is 1. The summed E-state index contributed by atoms with van der Waals surface area (Å²) >= 11 is 0. The number of hydrogen-bond acceptors (Lipinski definition) is 1. The maximum Gasteiger partial charge on any atom is 0.0932 e. The molecule has 0 spiro atoms. The fourth-order valence-corrected chi connectivity index (χ4v) is 1.69. The highest BCUT2D eigenvalue weighted by molar-refractivity contribution is 5.19. The predicted molar refractivity (Wildman–Crippen MR) is 72.0 cm³/mol. The number of nitrogens with one attached hydrogen (secondary N) is 1. The lowest BCUT2D eigenvalue weighted by Gasteiger charge is -2.07. The molecule has 94 valence electrons. The molecule has 2 heteroatoms. The molecule has 1 aromatic rings. The lowest BCUT2D eigenvalue weighted by atomic mass is 10.1. The van der Waals surface area contributed by atoms with Crippen molar-refractivity contribution in [1.82, 2.24) is 5.32 Å². The van der Waals surface area contributed by atoms with Crippen molar-refractivity contribution in [3.8, 4) is 0 Å². The molecule has 0 aromatic heterocycles. The lowest BCUT2D eigenvalue weighted by Crippen LogP contribution is -2.18. The Kier molecular flexibility index (Phi) is 7.32. The van der Waals surface area contributed by atoms with Gasteiger partial charge in [-0.3, -0.25) is 4.39 Å². The average molecular weight is 235 g/mol. The molecule has 17 heavy (non-hydrogen) atoms. The first kappa shape index (κ1) is 13.9. The topological polar surface area (TPSA) is 12.0 Å². The van der Waals surface area contributed by atoms with Gasteiger partial charge in [-0.1, -0.05) is 48.9 Å². The van der Waals surface area contributed by atoms with Gasteiger partial charge in [-0.05, 0) is 31.4 Å². The third-order valence-corrected chi connectivity index (χ3v) is 2.66. The summed E-state index contributed by atoms with van der Waals surface area (Å²) in [5, 5.41) is 3.32. The maximum absolute atomic E-state index is 12.4. The minimum atomic E-state index is -0.269. The van der Waals surface area contributed by atoms with Crippen LogP contribution in [0.5, 0.6) is 0 Å². The first-order valence-electron chi connectivity index (χ1n) is 6.35. The van der Waals surface area contributed by atoms with Crippen LogP contribution in [0.2, 0.25) is 0 Å². The van der Waals surface area contributed by atoms with Crippen LogP contribution in [0, 0.1) is 0 Å². The zero-order chi connectivity index (χ0) is 12.3. The third-order valence-electron chi connectivity index (χ3n) is 2.66. The SMILES string of the molecule is CCCNC/C(=C\Cc1ccccc1)CCF. The molecular weight excluding hydrogens is 213 g/mol. The fourth-order valence-electron chi connectivity index (χ4n) is 1.69. The zero-order valence-electron chi connectivity index (χ0n) is 10.6. The number of alkyl halides is 1. The maximum atomic E-state index is 12.4. The van der Waals surface area contributed by atoms with E-state index in [0.29, 0.717) is 6.42 Å². The Morgan fingerprint density at radius 1 is 1.29 bits per heavy atom. The third kappa shape index (κ3) is 6.22. The molecule has 0 atom stereocenters. The van der Waals surface area contributed by atoms with Gasteiger partial charge in [0.1, 0.15) is 0 Å². The summed E-state index contributed by atoms with van der Waals surface area (Å²) in [6.45, 7) is 3.67. The summed E-state index contributed by atoms with van der Waals surface area (Å²) in [6, 6.07) is 10.3. The van der Waals surface area contributed by atoms with Crippen molar-refractivity contribution in [1.29, 1.82) is 0 Å². The number of hydrogen-bond donors (Lipinski definition) is 1. The molecule has 0 aliphatic carbocycles. The van der Waals surface area contributed by atoms with Crippen molar-refractivity contribution in [2.24, 2.45) is 0 Å². The average Bonchev–Trinajstić information content (AvgIpc) is 2.37. The molecule has 0 saturated carbocycles. The molecule has 0 aliphatic heterocycles. The van der Waals surface area contributed by atoms with Crippen LogP contribution in [0.3, 0.4) is 0 Å². The first-order valence-corrected chi connectivity index (χ1v) is 6.35. The van der Waals surface area contributed by atoms with Gasteiger partial charge >= 0.3 is 0 Å². The number of rotatable bonds is 8. The summed E-state index contributed by atoms with van der Waals surface area (Å²) in [4.78, 5) is 0. The second kappa shape index (κ2) is 8.94. The minimum Gasteiger partial charge on any atom is -0.313 e. The molecule has 1 rings (SSSR count).